The topological polar surface area (TPSA) is 30.7 Å². The van der Waals surface area contributed by atoms with Gasteiger partial charge >= 0.3 is 0 Å². The van der Waals surface area contributed by atoms with Crippen LogP contribution in [0.15, 0.2) is 35.4 Å². The molecule has 13 heavy (non-hydrogen) atoms. The van der Waals surface area contributed by atoms with Crippen molar-refractivity contribution in [3.8, 4) is 5.69 Å². The summed E-state index contributed by atoms with van der Waals surface area (Å²) in [6, 6.07) is 3.16. The molecule has 0 aliphatic rings. The van der Waals surface area contributed by atoms with Crippen molar-refractivity contribution in [2.75, 3.05) is 0 Å². The van der Waals surface area contributed by atoms with E-state index in [0.717, 1.165) is 4.57 Å². The van der Waals surface area contributed by atoms with Crippen LogP contribution in [0.25, 0.3) is 5.69 Å². The fourth-order valence-electron chi connectivity index (χ4n) is 0.910. The van der Waals surface area contributed by atoms with E-state index in [9.17, 15) is 0 Å². The summed E-state index contributed by atoms with van der Waals surface area (Å²) in [6.07, 6.45) is 0.898. The Morgan fingerprint density at radius 1 is 1.62 bits per heavy atom. The number of imidazole rings is 1. The molecule has 0 fully saturated rings. The second-order valence-corrected chi connectivity index (χ2v) is 3.16. The SMILES string of the molecule is [2H]c1nc(C([2H])([2H])[2H])c([2H])n1-c1ccnc(Br)c1. The molecule has 0 saturated heterocycles. The third-order valence-electron chi connectivity index (χ3n) is 1.45. The third-order valence-corrected chi connectivity index (χ3v) is 1.88. The van der Waals surface area contributed by atoms with Crippen molar-refractivity contribution in [1.29, 1.82) is 0 Å². The van der Waals surface area contributed by atoms with Crippen molar-refractivity contribution in [1.82, 2.24) is 14.5 Å². The molecular weight excluding hydrogens is 230 g/mol. The highest BCUT2D eigenvalue weighted by atomic mass is 79.9. The smallest absolute Gasteiger partial charge is 0.108 e. The largest absolute Gasteiger partial charge is 0.306 e. The predicted molar refractivity (Wildman–Crippen MR) is 53.8 cm³/mol. The van der Waals surface area contributed by atoms with Crippen LogP contribution < -0.4 is 0 Å². The molecule has 2 aromatic heterocycles. The predicted octanol–water partition coefficient (Wildman–Crippen LogP) is 2.34. The monoisotopic (exact) mass is 242 g/mol. The fraction of sp³-hybridized carbons (Fsp3) is 0.111. The summed E-state index contributed by atoms with van der Waals surface area (Å²) in [6.45, 7) is -2.50. The maximum Gasteiger partial charge on any atom is 0.108 e. The van der Waals surface area contributed by atoms with Crippen LogP contribution in [-0.4, -0.2) is 14.5 Å². The molecule has 0 N–H and O–H groups in total. The maximum atomic E-state index is 7.82. The van der Waals surface area contributed by atoms with Crippen molar-refractivity contribution in [2.24, 2.45) is 0 Å². The van der Waals surface area contributed by atoms with Gasteiger partial charge in [-0.2, -0.15) is 0 Å². The standard InChI is InChI=1S/C9H8BrN3/c1-7-5-13(6-12-7)8-2-3-11-9(10)4-8/h2-6H,1H3/i1D3,5D,6D. The third kappa shape index (κ3) is 1.78. The van der Waals surface area contributed by atoms with E-state index in [1.54, 1.807) is 12.1 Å². The zero-order chi connectivity index (χ0) is 13.5. The minimum absolute atomic E-state index is 0.288. The summed E-state index contributed by atoms with van der Waals surface area (Å²) in [5, 5.41) is 0. The molecule has 3 nitrogen and oxygen atoms in total. The van der Waals surface area contributed by atoms with Gasteiger partial charge in [0.05, 0.1) is 19.1 Å². The summed E-state index contributed by atoms with van der Waals surface area (Å²) < 4.78 is 38.9. The minimum Gasteiger partial charge on any atom is -0.306 e. The van der Waals surface area contributed by atoms with Gasteiger partial charge in [0.25, 0.3) is 0 Å². The van der Waals surface area contributed by atoms with E-state index in [1.807, 2.05) is 0 Å². The van der Waals surface area contributed by atoms with Crippen molar-refractivity contribution in [2.45, 2.75) is 6.85 Å². The first-order valence-electron chi connectivity index (χ1n) is 5.99. The Morgan fingerprint density at radius 3 is 3.23 bits per heavy atom. The first-order chi connectivity index (χ1) is 8.30. The lowest BCUT2D eigenvalue weighted by molar-refractivity contribution is 1.04. The van der Waals surface area contributed by atoms with Crippen molar-refractivity contribution in [3.05, 3.63) is 41.1 Å². The van der Waals surface area contributed by atoms with Crippen LogP contribution in [0.4, 0.5) is 0 Å². The molecule has 0 saturated carbocycles. The Morgan fingerprint density at radius 2 is 2.54 bits per heavy atom. The minimum atomic E-state index is -2.50. The summed E-state index contributed by atoms with van der Waals surface area (Å²) in [4.78, 5) is 7.56. The van der Waals surface area contributed by atoms with Gasteiger partial charge in [-0.3, -0.25) is 0 Å². The van der Waals surface area contributed by atoms with Gasteiger partial charge in [0.2, 0.25) is 0 Å². The second-order valence-electron chi connectivity index (χ2n) is 2.34. The van der Waals surface area contributed by atoms with E-state index in [0.29, 0.717) is 10.3 Å². The molecule has 2 aromatic rings. The molecule has 4 heteroatoms. The number of hydrogen-bond acceptors (Lipinski definition) is 2. The number of nitrogens with zero attached hydrogens (tertiary/aromatic N) is 3. The Balaban J connectivity index is 2.63. The van der Waals surface area contributed by atoms with Crippen LogP contribution in [0.5, 0.6) is 0 Å². The summed E-state index contributed by atoms with van der Waals surface area (Å²) in [5.74, 6) is 0. The number of halogens is 1. The molecular formula is C9H8BrN3. The van der Waals surface area contributed by atoms with Gasteiger partial charge < -0.3 is 4.57 Å². The van der Waals surface area contributed by atoms with E-state index in [-0.39, 0.29) is 18.2 Å². The van der Waals surface area contributed by atoms with Crippen LogP contribution >= 0.6 is 15.9 Å². The highest BCUT2D eigenvalue weighted by molar-refractivity contribution is 9.10. The average molecular weight is 243 g/mol. The summed E-state index contributed by atoms with van der Waals surface area (Å²) in [7, 11) is 0. The molecule has 2 rings (SSSR count). The number of pyridine rings is 1. The van der Waals surface area contributed by atoms with E-state index >= 15 is 0 Å². The zero-order valence-corrected chi connectivity index (χ0v) is 8.04. The van der Waals surface area contributed by atoms with Crippen molar-refractivity contribution >= 4 is 15.9 Å². The molecule has 0 amide bonds. The Hall–Kier alpha value is -1.16. The van der Waals surface area contributed by atoms with Gasteiger partial charge in [0, 0.05) is 16.5 Å². The number of hydrogen-bond donors (Lipinski definition) is 0. The van der Waals surface area contributed by atoms with E-state index in [4.69, 9.17) is 6.85 Å². The summed E-state index contributed by atoms with van der Waals surface area (Å²) in [5.41, 5.74) is 0.0929. The van der Waals surface area contributed by atoms with Gasteiger partial charge in [-0.25, -0.2) is 9.97 Å². The molecule has 0 unspecified atom stereocenters. The molecule has 0 spiro atoms. The van der Waals surface area contributed by atoms with Crippen molar-refractivity contribution < 1.29 is 6.85 Å². The first-order valence-corrected chi connectivity index (χ1v) is 4.28. The van der Waals surface area contributed by atoms with E-state index < -0.39 is 6.85 Å². The Bertz CT molecular complexity index is 592. The zero-order valence-electron chi connectivity index (χ0n) is 11.5. The molecule has 0 aromatic carbocycles. The lowest BCUT2D eigenvalue weighted by Crippen LogP contribution is -1.90. The highest BCUT2D eigenvalue weighted by Gasteiger charge is 1.97. The van der Waals surface area contributed by atoms with Crippen LogP contribution in [0.1, 0.15) is 12.5 Å². The highest BCUT2D eigenvalue weighted by Crippen LogP contribution is 2.12. The molecule has 0 radical (unpaired) electrons. The van der Waals surface area contributed by atoms with Crippen molar-refractivity contribution in [3.63, 3.8) is 0 Å². The van der Waals surface area contributed by atoms with Crippen LogP contribution in [-0.2, 0) is 0 Å². The quantitative estimate of drug-likeness (QED) is 0.719. The normalized spacial score (nSPS) is 16.8. The molecule has 0 aliphatic carbocycles. The first kappa shape index (κ1) is 4.37. The van der Waals surface area contributed by atoms with Gasteiger partial charge in [0.1, 0.15) is 5.97 Å². The molecule has 0 aliphatic heterocycles. The molecule has 0 bridgehead atoms. The molecule has 66 valence electrons. The van der Waals surface area contributed by atoms with Gasteiger partial charge in [0.15, 0.2) is 0 Å². The molecule has 0 atom stereocenters. The van der Waals surface area contributed by atoms with Crippen LogP contribution in [0, 0.1) is 6.85 Å². The van der Waals surface area contributed by atoms with Gasteiger partial charge in [-0.05, 0) is 34.9 Å². The van der Waals surface area contributed by atoms with Gasteiger partial charge in [-0.15, -0.1) is 0 Å². The fourth-order valence-corrected chi connectivity index (χ4v) is 1.26. The van der Waals surface area contributed by atoms with Gasteiger partial charge in [-0.1, -0.05) is 0 Å². The summed E-state index contributed by atoms with van der Waals surface area (Å²) >= 11 is 3.18. The maximum absolute atomic E-state index is 7.82. The number of rotatable bonds is 1. The van der Waals surface area contributed by atoms with Crippen LogP contribution in [0.3, 0.4) is 0 Å². The lowest BCUT2D eigenvalue weighted by atomic mass is 10.4. The van der Waals surface area contributed by atoms with E-state index in [1.165, 1.54) is 6.20 Å². The Kier molecular flexibility index (Phi) is 1.11. The lowest BCUT2D eigenvalue weighted by Gasteiger charge is -2.00. The van der Waals surface area contributed by atoms with Crippen LogP contribution in [0.2, 0.25) is 0 Å². The second kappa shape index (κ2) is 3.30. The Labute approximate surface area is 91.6 Å². The molecule has 2 heterocycles. The number of aromatic nitrogens is 3. The van der Waals surface area contributed by atoms with E-state index in [2.05, 4.69) is 25.9 Å². The average Bonchev–Trinajstić information content (AvgIpc) is 2.54. The number of aryl methyl sites for hydroxylation is 1.